The van der Waals surface area contributed by atoms with Crippen LogP contribution in [0.25, 0.3) is 10.9 Å². The lowest BCUT2D eigenvalue weighted by atomic mass is 9.99. The summed E-state index contributed by atoms with van der Waals surface area (Å²) >= 11 is 0. The third-order valence-electron chi connectivity index (χ3n) is 6.98. The molecule has 9 heteroatoms. The summed E-state index contributed by atoms with van der Waals surface area (Å²) in [5.74, 6) is 0.557. The summed E-state index contributed by atoms with van der Waals surface area (Å²) in [6.45, 7) is 5.52. The van der Waals surface area contributed by atoms with Gasteiger partial charge in [0, 0.05) is 42.6 Å². The fourth-order valence-electron chi connectivity index (χ4n) is 5.21. The number of aromatic nitrogens is 2. The Morgan fingerprint density at radius 1 is 1.33 bits per heavy atom. The Morgan fingerprint density at radius 3 is 2.70 bits per heavy atom. The summed E-state index contributed by atoms with van der Waals surface area (Å²) in [6.07, 6.45) is 6.12. The molecule has 0 amide bonds. The molecule has 33 heavy (non-hydrogen) atoms. The van der Waals surface area contributed by atoms with Gasteiger partial charge in [0.1, 0.15) is 11.3 Å². The van der Waals surface area contributed by atoms with Gasteiger partial charge in [0.05, 0.1) is 23.1 Å². The summed E-state index contributed by atoms with van der Waals surface area (Å²) in [5.41, 5.74) is 8.66. The van der Waals surface area contributed by atoms with Crippen LogP contribution >= 0.6 is 0 Å². The van der Waals surface area contributed by atoms with Crippen molar-refractivity contribution >= 4 is 28.2 Å². The molecule has 2 unspecified atom stereocenters. The van der Waals surface area contributed by atoms with E-state index in [-0.39, 0.29) is 17.6 Å². The summed E-state index contributed by atoms with van der Waals surface area (Å²) < 4.78 is 7.74. The first-order chi connectivity index (χ1) is 15.8. The number of anilines is 2. The number of fused-ring (bicyclic) bond motifs is 1. The van der Waals surface area contributed by atoms with Gasteiger partial charge in [-0.3, -0.25) is 4.79 Å². The minimum Gasteiger partial charge on any atom is -0.477 e. The van der Waals surface area contributed by atoms with E-state index < -0.39 is 11.4 Å². The van der Waals surface area contributed by atoms with Gasteiger partial charge in [-0.05, 0) is 51.8 Å². The molecule has 4 N–H and O–H groups in total. The number of nitrogen functional groups attached to an aromatic ring is 1. The maximum Gasteiger partial charge on any atom is 0.341 e. The standard InChI is InChI=1S/C24H29N5O4/c1-12-9-27-23(33-12)20(26-3)14-6-7-28(10-14)18-8-17(25)19-21(13(18)2)29(15-4-5-15)11-16(22(19)30)24(31)32/h8-9,11,14-15,20,26H,4-7,10,25H2,1-3H3,(H,31,32). The van der Waals surface area contributed by atoms with Crippen molar-refractivity contribution in [3.8, 4) is 0 Å². The van der Waals surface area contributed by atoms with E-state index in [2.05, 4.69) is 15.2 Å². The molecule has 1 aromatic carbocycles. The van der Waals surface area contributed by atoms with E-state index in [1.54, 1.807) is 6.20 Å². The summed E-state index contributed by atoms with van der Waals surface area (Å²) in [5, 5.41) is 13.2. The number of hydrogen-bond donors (Lipinski definition) is 3. The number of oxazole rings is 1. The molecular formula is C24H29N5O4. The van der Waals surface area contributed by atoms with E-state index in [0.717, 1.165) is 54.9 Å². The summed E-state index contributed by atoms with van der Waals surface area (Å²) in [6, 6.07) is 2.03. The molecule has 2 atom stereocenters. The second-order valence-corrected chi connectivity index (χ2v) is 9.22. The zero-order valence-corrected chi connectivity index (χ0v) is 19.1. The van der Waals surface area contributed by atoms with E-state index in [9.17, 15) is 14.7 Å². The van der Waals surface area contributed by atoms with Crippen molar-refractivity contribution in [1.82, 2.24) is 14.9 Å². The molecule has 1 saturated heterocycles. The molecule has 174 valence electrons. The predicted molar refractivity (Wildman–Crippen MR) is 126 cm³/mol. The summed E-state index contributed by atoms with van der Waals surface area (Å²) in [7, 11) is 1.92. The molecule has 2 fully saturated rings. The number of carboxylic acid groups (broad SMARTS) is 1. The van der Waals surface area contributed by atoms with Gasteiger partial charge < -0.3 is 30.0 Å². The Kier molecular flexibility index (Phi) is 5.16. The predicted octanol–water partition coefficient (Wildman–Crippen LogP) is 3.01. The van der Waals surface area contributed by atoms with Gasteiger partial charge in [-0.1, -0.05) is 0 Å². The van der Waals surface area contributed by atoms with Gasteiger partial charge in [-0.25, -0.2) is 9.78 Å². The van der Waals surface area contributed by atoms with Crippen molar-refractivity contribution < 1.29 is 14.3 Å². The smallest absolute Gasteiger partial charge is 0.341 e. The lowest BCUT2D eigenvalue weighted by molar-refractivity contribution is 0.0695. The van der Waals surface area contributed by atoms with E-state index in [1.807, 2.05) is 31.5 Å². The average Bonchev–Trinajstić information content (AvgIpc) is 3.36. The molecule has 1 aliphatic heterocycles. The first-order valence-electron chi connectivity index (χ1n) is 11.4. The number of carboxylic acids is 1. The average molecular weight is 452 g/mol. The van der Waals surface area contributed by atoms with Crippen LogP contribution in [-0.4, -0.2) is 40.8 Å². The highest BCUT2D eigenvalue weighted by Gasteiger charge is 2.34. The molecule has 0 radical (unpaired) electrons. The fraction of sp³-hybridized carbons (Fsp3) is 0.458. The highest BCUT2D eigenvalue weighted by atomic mass is 16.4. The number of aromatic carboxylic acids is 1. The van der Waals surface area contributed by atoms with Gasteiger partial charge in [0.15, 0.2) is 0 Å². The van der Waals surface area contributed by atoms with Crippen LogP contribution in [0.15, 0.2) is 27.7 Å². The van der Waals surface area contributed by atoms with Crippen LogP contribution in [0.3, 0.4) is 0 Å². The molecule has 0 bridgehead atoms. The van der Waals surface area contributed by atoms with Crippen molar-refractivity contribution in [3.63, 3.8) is 0 Å². The van der Waals surface area contributed by atoms with Gasteiger partial charge in [0.25, 0.3) is 0 Å². The first kappa shape index (κ1) is 21.5. The van der Waals surface area contributed by atoms with Gasteiger partial charge in [-0.15, -0.1) is 0 Å². The second kappa shape index (κ2) is 7.91. The van der Waals surface area contributed by atoms with Crippen LogP contribution in [0, 0.1) is 19.8 Å². The van der Waals surface area contributed by atoms with Crippen molar-refractivity contribution in [1.29, 1.82) is 0 Å². The molecule has 3 heterocycles. The van der Waals surface area contributed by atoms with Crippen molar-refractivity contribution in [2.24, 2.45) is 5.92 Å². The molecule has 9 nitrogen and oxygen atoms in total. The number of nitrogens with two attached hydrogens (primary N) is 1. The quantitative estimate of drug-likeness (QED) is 0.488. The van der Waals surface area contributed by atoms with E-state index >= 15 is 0 Å². The maximum atomic E-state index is 13.0. The Labute approximate surface area is 191 Å². The molecule has 2 aliphatic rings. The van der Waals surface area contributed by atoms with Crippen LogP contribution in [0.2, 0.25) is 0 Å². The van der Waals surface area contributed by atoms with E-state index in [1.165, 1.54) is 6.20 Å². The molecule has 5 rings (SSSR count). The highest BCUT2D eigenvalue weighted by molar-refractivity contribution is 6.01. The van der Waals surface area contributed by atoms with E-state index in [4.69, 9.17) is 10.2 Å². The zero-order valence-electron chi connectivity index (χ0n) is 19.1. The minimum atomic E-state index is -1.22. The molecule has 1 saturated carbocycles. The number of carbonyl (C=O) groups is 1. The first-order valence-corrected chi connectivity index (χ1v) is 11.4. The highest BCUT2D eigenvalue weighted by Crippen LogP contribution is 2.42. The van der Waals surface area contributed by atoms with Crippen LogP contribution < -0.4 is 21.4 Å². The van der Waals surface area contributed by atoms with Gasteiger partial charge >= 0.3 is 5.97 Å². The van der Waals surface area contributed by atoms with Crippen LogP contribution in [0.4, 0.5) is 11.4 Å². The molecule has 3 aromatic rings. The number of aryl methyl sites for hydroxylation is 2. The number of nitrogens with one attached hydrogen (secondary N) is 1. The zero-order chi connectivity index (χ0) is 23.4. The van der Waals surface area contributed by atoms with Crippen LogP contribution in [0.5, 0.6) is 0 Å². The van der Waals surface area contributed by atoms with E-state index in [0.29, 0.717) is 22.9 Å². The van der Waals surface area contributed by atoms with Gasteiger partial charge in [0.2, 0.25) is 11.3 Å². The Morgan fingerprint density at radius 2 is 2.09 bits per heavy atom. The molecule has 0 spiro atoms. The van der Waals surface area contributed by atoms with Crippen molar-refractivity contribution in [2.45, 2.75) is 45.2 Å². The Balaban J connectivity index is 1.56. The Hall–Kier alpha value is -3.33. The lowest BCUT2D eigenvalue weighted by Crippen LogP contribution is -2.29. The molecule has 2 aromatic heterocycles. The fourth-order valence-corrected chi connectivity index (χ4v) is 5.21. The minimum absolute atomic E-state index is 0.00424. The van der Waals surface area contributed by atoms with Gasteiger partial charge in [-0.2, -0.15) is 0 Å². The SMILES string of the molecule is CNC(c1ncc(C)o1)C1CCN(c2cc(N)c3c(=O)c(C(=O)O)cn(C4CC4)c3c2C)C1. The number of benzene rings is 1. The Bertz CT molecular complexity index is 1310. The normalized spacial score (nSPS) is 19.4. The summed E-state index contributed by atoms with van der Waals surface area (Å²) in [4.78, 5) is 31.4. The van der Waals surface area contributed by atoms with Crippen LogP contribution in [0.1, 0.15) is 58.9 Å². The maximum absolute atomic E-state index is 13.0. The number of rotatable bonds is 6. The lowest BCUT2D eigenvalue weighted by Gasteiger charge is -2.26. The molecule has 1 aliphatic carbocycles. The van der Waals surface area contributed by atoms with Crippen molar-refractivity contribution in [2.75, 3.05) is 30.8 Å². The second-order valence-electron chi connectivity index (χ2n) is 9.22. The molecular weight excluding hydrogens is 422 g/mol. The monoisotopic (exact) mass is 451 g/mol. The number of nitrogens with zero attached hydrogens (tertiary/aromatic N) is 3. The third-order valence-corrected chi connectivity index (χ3v) is 6.98. The number of pyridine rings is 1. The third kappa shape index (κ3) is 3.56. The largest absolute Gasteiger partial charge is 0.477 e. The van der Waals surface area contributed by atoms with Crippen LogP contribution in [-0.2, 0) is 0 Å². The van der Waals surface area contributed by atoms with Crippen molar-refractivity contribution in [3.05, 3.63) is 51.5 Å². The number of hydrogen-bond acceptors (Lipinski definition) is 7. The topological polar surface area (TPSA) is 127 Å².